The van der Waals surface area contributed by atoms with Gasteiger partial charge in [0.15, 0.2) is 0 Å². The van der Waals surface area contributed by atoms with E-state index in [2.05, 4.69) is 30.7 Å². The largest absolute Gasteiger partial charge is 0.453 e. The number of aromatic nitrogens is 3. The monoisotopic (exact) mass is 777 g/mol. The summed E-state index contributed by atoms with van der Waals surface area (Å²) in [6.45, 7) is 0.880. The Labute approximate surface area is 327 Å². The second-order valence-corrected chi connectivity index (χ2v) is 15.0. The fourth-order valence-electron chi connectivity index (χ4n) is 7.36. The second kappa shape index (κ2) is 16.7. The van der Waals surface area contributed by atoms with Gasteiger partial charge < -0.3 is 30.2 Å². The number of thiazole rings is 1. The zero-order valence-electron chi connectivity index (χ0n) is 31.3. The molecule has 5 aromatic rings. The molecular weight excluding hydrogens is 735 g/mol. The highest BCUT2D eigenvalue weighted by Gasteiger charge is 2.39. The van der Waals surface area contributed by atoms with E-state index in [1.807, 2.05) is 85.7 Å². The molecule has 0 bridgehead atoms. The molecule has 4 heterocycles. The van der Waals surface area contributed by atoms with E-state index in [1.54, 1.807) is 22.1 Å². The second-order valence-electron chi connectivity index (χ2n) is 14.0. The number of H-pyrrole nitrogens is 1. The lowest BCUT2D eigenvalue weighted by Crippen LogP contribution is -2.51. The van der Waals surface area contributed by atoms with Crippen molar-refractivity contribution in [3.05, 3.63) is 90.4 Å². The van der Waals surface area contributed by atoms with Gasteiger partial charge >= 0.3 is 12.1 Å². The molecule has 3 atom stereocenters. The molecule has 2 fully saturated rings. The number of likely N-dealkylation sites (N-methyl/N-ethyl adjacent to an activating group) is 1. The Morgan fingerprint density at radius 3 is 2.43 bits per heavy atom. The topological polar surface area (TPSA) is 182 Å². The lowest BCUT2D eigenvalue weighted by atomic mass is 10.0. The van der Waals surface area contributed by atoms with Crippen LogP contribution < -0.4 is 16.0 Å². The maximum absolute atomic E-state index is 13.7. The Morgan fingerprint density at radius 1 is 0.946 bits per heavy atom. The third-order valence-electron chi connectivity index (χ3n) is 10.1. The fourth-order valence-corrected chi connectivity index (χ4v) is 8.37. The number of fused-ring (bicyclic) bond motifs is 1. The number of amides is 6. The SMILES string of the molecule is COC(=O)NCC(=O)N1CCC[C@H]1c1ncc(-c2ccc(-c3nc4ccc(NC(=O)NC(=O)[C@@H]5CCCN5C(=O)[C@@H](c5ccccc5)N(C)C)cc4s3)cc2)[nH]1. The number of likely N-dealkylation sites (tertiary alicyclic amines) is 2. The van der Waals surface area contributed by atoms with Gasteiger partial charge in [-0.2, -0.15) is 0 Å². The van der Waals surface area contributed by atoms with Crippen molar-refractivity contribution in [1.82, 2.24) is 40.3 Å². The van der Waals surface area contributed by atoms with Crippen LogP contribution in [0.1, 0.15) is 49.2 Å². The molecule has 0 unspecified atom stereocenters. The van der Waals surface area contributed by atoms with Gasteiger partial charge in [-0.1, -0.05) is 54.6 Å². The lowest BCUT2D eigenvalue weighted by molar-refractivity contribution is -0.141. The fraction of sp³-hybridized carbons (Fsp3) is 0.325. The van der Waals surface area contributed by atoms with E-state index in [9.17, 15) is 24.0 Å². The number of imide groups is 1. The van der Waals surface area contributed by atoms with E-state index < -0.39 is 30.1 Å². The molecule has 3 aromatic carbocycles. The van der Waals surface area contributed by atoms with Crippen LogP contribution >= 0.6 is 11.3 Å². The van der Waals surface area contributed by atoms with Crippen molar-refractivity contribution in [2.24, 2.45) is 0 Å². The van der Waals surface area contributed by atoms with Crippen LogP contribution in [0.5, 0.6) is 0 Å². The normalized spacial score (nSPS) is 17.2. The number of carbonyl (C=O) groups excluding carboxylic acids is 5. The minimum absolute atomic E-state index is 0.143. The minimum atomic E-state index is -0.746. The molecule has 0 saturated carbocycles. The molecule has 15 nitrogen and oxygen atoms in total. The first kappa shape index (κ1) is 38.2. The van der Waals surface area contributed by atoms with Gasteiger partial charge in [0, 0.05) is 24.3 Å². The molecule has 6 amide bonds. The smallest absolute Gasteiger partial charge is 0.407 e. The maximum Gasteiger partial charge on any atom is 0.407 e. The van der Waals surface area contributed by atoms with Gasteiger partial charge in [0.2, 0.25) is 11.8 Å². The molecule has 16 heteroatoms. The Morgan fingerprint density at radius 2 is 1.68 bits per heavy atom. The van der Waals surface area contributed by atoms with Crippen LogP contribution in [0.3, 0.4) is 0 Å². The molecule has 2 aliphatic rings. The maximum atomic E-state index is 13.7. The molecule has 2 saturated heterocycles. The summed E-state index contributed by atoms with van der Waals surface area (Å²) < 4.78 is 5.42. The van der Waals surface area contributed by atoms with Crippen LogP contribution in [0.4, 0.5) is 15.3 Å². The Hall–Kier alpha value is -6.13. The Balaban J connectivity index is 0.965. The number of imidazole rings is 1. The molecular formula is C40H43N9O6S. The summed E-state index contributed by atoms with van der Waals surface area (Å²) in [4.78, 5) is 82.1. The van der Waals surface area contributed by atoms with Crippen molar-refractivity contribution in [2.45, 2.75) is 43.8 Å². The molecule has 0 aliphatic carbocycles. The summed E-state index contributed by atoms with van der Waals surface area (Å²) in [6.07, 6.45) is 3.84. The number of urea groups is 1. The van der Waals surface area contributed by atoms with Crippen molar-refractivity contribution < 1.29 is 28.7 Å². The zero-order valence-corrected chi connectivity index (χ0v) is 32.1. The number of methoxy groups -OCH3 is 1. The quantitative estimate of drug-likeness (QED) is 0.146. The molecule has 290 valence electrons. The van der Waals surface area contributed by atoms with Crippen molar-refractivity contribution in [3.8, 4) is 21.8 Å². The third-order valence-corrected chi connectivity index (χ3v) is 11.2. The number of aromatic amines is 1. The number of alkyl carbamates (subject to hydrolysis) is 1. The first-order valence-corrected chi connectivity index (χ1v) is 19.2. The van der Waals surface area contributed by atoms with Gasteiger partial charge in [0.25, 0.3) is 5.91 Å². The van der Waals surface area contributed by atoms with E-state index in [0.29, 0.717) is 37.4 Å². The third kappa shape index (κ3) is 8.25. The number of carbonyl (C=O) groups is 5. The number of anilines is 1. The molecule has 7 rings (SSSR count). The van der Waals surface area contributed by atoms with Crippen molar-refractivity contribution in [1.29, 1.82) is 0 Å². The van der Waals surface area contributed by atoms with Gasteiger partial charge in [-0.05, 0) is 69.1 Å². The van der Waals surface area contributed by atoms with E-state index in [1.165, 1.54) is 18.4 Å². The lowest BCUT2D eigenvalue weighted by Gasteiger charge is -2.31. The molecule has 2 aromatic heterocycles. The highest BCUT2D eigenvalue weighted by molar-refractivity contribution is 7.21. The first-order valence-electron chi connectivity index (χ1n) is 18.4. The number of nitrogens with one attached hydrogen (secondary N) is 4. The van der Waals surface area contributed by atoms with Gasteiger partial charge in [-0.25, -0.2) is 19.6 Å². The van der Waals surface area contributed by atoms with Crippen LogP contribution in [0.15, 0.2) is 79.0 Å². The van der Waals surface area contributed by atoms with Crippen LogP contribution in [-0.2, 0) is 19.1 Å². The average molecular weight is 778 g/mol. The van der Waals surface area contributed by atoms with Crippen molar-refractivity contribution in [2.75, 3.05) is 46.2 Å². The summed E-state index contributed by atoms with van der Waals surface area (Å²) in [7, 11) is 4.92. The number of benzene rings is 3. The van der Waals surface area contributed by atoms with Crippen LogP contribution in [-0.4, -0.2) is 106 Å². The highest BCUT2D eigenvalue weighted by Crippen LogP contribution is 2.35. The van der Waals surface area contributed by atoms with Gasteiger partial charge in [-0.3, -0.25) is 24.6 Å². The molecule has 4 N–H and O–H groups in total. The number of hydrogen-bond donors (Lipinski definition) is 4. The Kier molecular flexibility index (Phi) is 11.4. The van der Waals surface area contributed by atoms with Crippen LogP contribution in [0, 0.1) is 0 Å². The zero-order chi connectivity index (χ0) is 39.3. The standard InChI is InChI=1S/C40H43N9O6S/c1-47(2)34(25-9-5-4-6-10-25)38(52)49-20-8-12-31(49)36(51)46-39(53)43-27-17-18-28-32(21-27)56-37(45-28)26-15-13-24(14-16-26)29-22-41-35(44-29)30-11-7-19-48(30)33(50)23-42-40(54)55-3/h4-6,9-10,13-18,21-22,30-31,34H,7-8,11-12,19-20,23H2,1-3H3,(H,41,44)(H,42,54)(H2,43,46,51,53)/t30-,31-,34+/m0/s1. The summed E-state index contributed by atoms with van der Waals surface area (Å²) in [6, 6.07) is 20.6. The van der Waals surface area contributed by atoms with Gasteiger partial charge in [0.1, 0.15) is 29.5 Å². The van der Waals surface area contributed by atoms with E-state index >= 15 is 0 Å². The summed E-state index contributed by atoms with van der Waals surface area (Å²) >= 11 is 1.48. The number of ether oxygens (including phenoxy) is 1. The summed E-state index contributed by atoms with van der Waals surface area (Å²) in [5, 5.41) is 8.45. The highest BCUT2D eigenvalue weighted by atomic mass is 32.1. The summed E-state index contributed by atoms with van der Waals surface area (Å²) in [5.74, 6) is -0.203. The molecule has 56 heavy (non-hydrogen) atoms. The van der Waals surface area contributed by atoms with Crippen LogP contribution in [0.2, 0.25) is 0 Å². The Bertz CT molecular complexity index is 2240. The van der Waals surface area contributed by atoms with Crippen LogP contribution in [0.25, 0.3) is 32.0 Å². The predicted molar refractivity (Wildman–Crippen MR) is 211 cm³/mol. The van der Waals surface area contributed by atoms with Gasteiger partial charge in [0.05, 0.1) is 35.3 Å². The van der Waals surface area contributed by atoms with Gasteiger partial charge in [-0.15, -0.1) is 11.3 Å². The van der Waals surface area contributed by atoms with E-state index in [-0.39, 0.29) is 24.4 Å². The van der Waals surface area contributed by atoms with Crippen molar-refractivity contribution >= 4 is 57.1 Å². The van der Waals surface area contributed by atoms with E-state index in [0.717, 1.165) is 50.5 Å². The molecule has 0 radical (unpaired) electrons. The number of nitrogens with zero attached hydrogens (tertiary/aromatic N) is 5. The van der Waals surface area contributed by atoms with E-state index in [4.69, 9.17) is 4.98 Å². The average Bonchev–Trinajstić information content (AvgIpc) is 4.03. The number of hydrogen-bond acceptors (Lipinski definition) is 10. The summed E-state index contributed by atoms with van der Waals surface area (Å²) in [5.41, 5.74) is 4.75. The number of rotatable bonds is 10. The van der Waals surface area contributed by atoms with Crippen molar-refractivity contribution in [3.63, 3.8) is 0 Å². The minimum Gasteiger partial charge on any atom is -0.453 e. The predicted octanol–water partition coefficient (Wildman–Crippen LogP) is 5.31. The molecule has 2 aliphatic heterocycles. The molecule has 0 spiro atoms. The first-order chi connectivity index (χ1) is 27.1.